The molecule has 5 aliphatic rings. The highest BCUT2D eigenvalue weighted by molar-refractivity contribution is 5.84. The molecule has 4 bridgehead atoms. The predicted molar refractivity (Wildman–Crippen MR) is 102 cm³/mol. The number of hydrogen-bond acceptors (Lipinski definition) is 5. The molecule has 4 saturated carbocycles. The first-order valence-electron chi connectivity index (χ1n) is 11.2. The van der Waals surface area contributed by atoms with E-state index in [1.165, 1.54) is 13.5 Å². The van der Waals surface area contributed by atoms with Gasteiger partial charge in [0.1, 0.15) is 5.60 Å². The third-order valence-electron chi connectivity index (χ3n) is 8.77. The number of esters is 2. The summed E-state index contributed by atoms with van der Waals surface area (Å²) in [7, 11) is 1.52. The Morgan fingerprint density at radius 3 is 2.14 bits per heavy atom. The zero-order valence-corrected chi connectivity index (χ0v) is 17.0. The molecular weight excluding hydrogens is 356 g/mol. The van der Waals surface area contributed by atoms with Crippen LogP contribution in [0.5, 0.6) is 0 Å². The van der Waals surface area contributed by atoms with Crippen LogP contribution in [0.3, 0.4) is 0 Å². The molecule has 0 aromatic heterocycles. The average molecular weight is 389 g/mol. The molecule has 0 saturated heterocycles. The molecule has 0 aromatic rings. The van der Waals surface area contributed by atoms with Gasteiger partial charge in [0, 0.05) is 7.11 Å². The third-order valence-corrected chi connectivity index (χ3v) is 8.77. The summed E-state index contributed by atoms with van der Waals surface area (Å²) in [6, 6.07) is 0. The lowest BCUT2D eigenvalue weighted by molar-refractivity contribution is -0.180. The van der Waals surface area contributed by atoms with Crippen molar-refractivity contribution in [2.45, 2.75) is 57.5 Å². The van der Waals surface area contributed by atoms with E-state index in [-0.39, 0.29) is 48.0 Å². The van der Waals surface area contributed by atoms with Crippen molar-refractivity contribution >= 4 is 11.9 Å². The summed E-state index contributed by atoms with van der Waals surface area (Å²) in [6.07, 6.45) is 11.9. The van der Waals surface area contributed by atoms with Gasteiger partial charge in [-0.1, -0.05) is 19.1 Å². The molecule has 154 valence electrons. The number of allylic oxidation sites excluding steroid dienone is 2. The highest BCUT2D eigenvalue weighted by Crippen LogP contribution is 2.69. The predicted octanol–water partition coefficient (Wildman–Crippen LogP) is 3.72. The zero-order chi connectivity index (χ0) is 19.5. The molecule has 5 rings (SSSR count). The molecule has 28 heavy (non-hydrogen) atoms. The Morgan fingerprint density at radius 2 is 1.57 bits per heavy atom. The van der Waals surface area contributed by atoms with Gasteiger partial charge in [0.15, 0.2) is 6.79 Å². The minimum Gasteiger partial charge on any atom is -0.459 e. The van der Waals surface area contributed by atoms with E-state index in [1.807, 2.05) is 0 Å². The zero-order valence-electron chi connectivity index (χ0n) is 17.0. The number of hydrogen-bond donors (Lipinski definition) is 0. The second-order valence-corrected chi connectivity index (χ2v) is 9.75. The lowest BCUT2D eigenvalue weighted by Gasteiger charge is -2.41. The van der Waals surface area contributed by atoms with E-state index in [0.717, 1.165) is 38.5 Å². The summed E-state index contributed by atoms with van der Waals surface area (Å²) in [5.74, 6) is 1.65. The van der Waals surface area contributed by atoms with Crippen LogP contribution in [0.4, 0.5) is 0 Å². The van der Waals surface area contributed by atoms with Crippen molar-refractivity contribution < 1.29 is 23.8 Å². The minimum atomic E-state index is -0.364. The first-order chi connectivity index (χ1) is 13.6. The number of carbonyl (C=O) groups is 2. The van der Waals surface area contributed by atoms with E-state index in [1.54, 1.807) is 0 Å². The van der Waals surface area contributed by atoms with Crippen LogP contribution in [-0.4, -0.2) is 31.4 Å². The lowest BCUT2D eigenvalue weighted by Crippen LogP contribution is -2.46. The summed E-state index contributed by atoms with van der Waals surface area (Å²) in [5, 5.41) is 0. The molecule has 5 nitrogen and oxygen atoms in total. The summed E-state index contributed by atoms with van der Waals surface area (Å²) < 4.78 is 16.5. The van der Waals surface area contributed by atoms with Crippen LogP contribution >= 0.6 is 0 Å². The molecular formula is C23H32O5. The highest BCUT2D eigenvalue weighted by Gasteiger charge is 2.68. The second kappa shape index (κ2) is 6.86. The largest absolute Gasteiger partial charge is 0.459 e. The summed E-state index contributed by atoms with van der Waals surface area (Å²) >= 11 is 0. The Morgan fingerprint density at radius 1 is 0.964 bits per heavy atom. The minimum absolute atomic E-state index is 0.0482. The Balaban J connectivity index is 1.42. The van der Waals surface area contributed by atoms with Crippen molar-refractivity contribution in [1.82, 2.24) is 0 Å². The van der Waals surface area contributed by atoms with Crippen molar-refractivity contribution in [2.24, 2.45) is 47.3 Å². The summed E-state index contributed by atoms with van der Waals surface area (Å²) in [4.78, 5) is 26.4. The Kier molecular flexibility index (Phi) is 4.57. The normalized spacial score (nSPS) is 44.1. The van der Waals surface area contributed by atoms with Crippen LogP contribution in [0, 0.1) is 47.3 Å². The smallest absolute Gasteiger partial charge is 0.312 e. The molecule has 0 N–H and O–H groups in total. The topological polar surface area (TPSA) is 61.8 Å². The van der Waals surface area contributed by atoms with Gasteiger partial charge >= 0.3 is 11.9 Å². The average Bonchev–Trinajstić information content (AvgIpc) is 3.50. The highest BCUT2D eigenvalue weighted by atomic mass is 16.7. The van der Waals surface area contributed by atoms with Crippen molar-refractivity contribution in [3.63, 3.8) is 0 Å². The van der Waals surface area contributed by atoms with E-state index in [9.17, 15) is 9.59 Å². The molecule has 5 heteroatoms. The maximum absolute atomic E-state index is 13.5. The van der Waals surface area contributed by atoms with Crippen molar-refractivity contribution in [1.29, 1.82) is 0 Å². The summed E-state index contributed by atoms with van der Waals surface area (Å²) in [5.41, 5.74) is -0.312. The lowest BCUT2D eigenvalue weighted by atomic mass is 9.64. The molecule has 5 aliphatic carbocycles. The van der Waals surface area contributed by atoms with Crippen molar-refractivity contribution in [3.05, 3.63) is 12.2 Å². The molecule has 0 heterocycles. The maximum Gasteiger partial charge on any atom is 0.312 e. The van der Waals surface area contributed by atoms with Crippen molar-refractivity contribution in [2.75, 3.05) is 13.9 Å². The van der Waals surface area contributed by atoms with E-state index < -0.39 is 0 Å². The molecule has 8 unspecified atom stereocenters. The van der Waals surface area contributed by atoms with Gasteiger partial charge in [0.25, 0.3) is 0 Å². The number of fused-ring (bicyclic) bond motifs is 9. The van der Waals surface area contributed by atoms with Gasteiger partial charge in [0.2, 0.25) is 0 Å². The fraction of sp³-hybridized carbons (Fsp3) is 0.826. The van der Waals surface area contributed by atoms with Gasteiger partial charge in [-0.3, -0.25) is 9.59 Å². The number of rotatable bonds is 6. The maximum atomic E-state index is 13.5. The van der Waals surface area contributed by atoms with Crippen LogP contribution in [-0.2, 0) is 23.8 Å². The van der Waals surface area contributed by atoms with E-state index in [2.05, 4.69) is 19.1 Å². The van der Waals surface area contributed by atoms with Crippen LogP contribution < -0.4 is 0 Å². The number of carbonyl (C=O) groups excluding carboxylic acids is 2. The van der Waals surface area contributed by atoms with E-state index in [4.69, 9.17) is 14.2 Å². The van der Waals surface area contributed by atoms with Gasteiger partial charge < -0.3 is 14.2 Å². The van der Waals surface area contributed by atoms with Gasteiger partial charge in [-0.15, -0.1) is 0 Å². The van der Waals surface area contributed by atoms with Crippen LogP contribution in [0.25, 0.3) is 0 Å². The Hall–Kier alpha value is -1.36. The number of ether oxygens (including phenoxy) is 3. The molecule has 0 amide bonds. The van der Waals surface area contributed by atoms with Crippen LogP contribution in [0.15, 0.2) is 12.2 Å². The monoisotopic (exact) mass is 388 g/mol. The molecule has 0 aliphatic heterocycles. The molecule has 8 atom stereocenters. The van der Waals surface area contributed by atoms with Crippen LogP contribution in [0.1, 0.15) is 51.9 Å². The first-order valence-corrected chi connectivity index (χ1v) is 11.2. The molecule has 4 fully saturated rings. The third kappa shape index (κ3) is 2.61. The van der Waals surface area contributed by atoms with Gasteiger partial charge in [-0.05, 0) is 80.5 Å². The SMILES string of the molecule is CCC1(OC(=O)C2C3CC(C2C(=O)OCOC)C2C4C=CC(C4)C32)CCCC1. The van der Waals surface area contributed by atoms with Gasteiger partial charge in [-0.2, -0.15) is 0 Å². The molecule has 0 radical (unpaired) electrons. The van der Waals surface area contributed by atoms with E-state index >= 15 is 0 Å². The summed E-state index contributed by atoms with van der Waals surface area (Å²) in [6.45, 7) is 2.06. The van der Waals surface area contributed by atoms with Crippen molar-refractivity contribution in [3.8, 4) is 0 Å². The molecule has 0 spiro atoms. The Bertz CT molecular complexity index is 678. The van der Waals surface area contributed by atoms with Gasteiger partial charge in [-0.25, -0.2) is 0 Å². The van der Waals surface area contributed by atoms with E-state index in [0.29, 0.717) is 23.7 Å². The standard InChI is InChI=1S/C23H32O5/c1-3-23(8-4-5-9-23)28-22(25)20-16-11-15(19(20)21(24)27-12-26-2)17-13-6-7-14(10-13)18(16)17/h6-7,13-20H,3-5,8-12H2,1-2H3. The Labute approximate surface area is 167 Å². The quantitative estimate of drug-likeness (QED) is 0.300. The fourth-order valence-electron chi connectivity index (χ4n) is 7.72. The second-order valence-electron chi connectivity index (χ2n) is 9.75. The molecule has 0 aromatic carbocycles. The number of methoxy groups -OCH3 is 1. The van der Waals surface area contributed by atoms with Crippen LogP contribution in [0.2, 0.25) is 0 Å². The van der Waals surface area contributed by atoms with Gasteiger partial charge in [0.05, 0.1) is 11.8 Å². The fourth-order valence-corrected chi connectivity index (χ4v) is 7.72. The first kappa shape index (κ1) is 18.7.